The number of hydrogen-bond acceptors (Lipinski definition) is 4. The van der Waals surface area contributed by atoms with E-state index in [4.69, 9.17) is 0 Å². The van der Waals surface area contributed by atoms with Crippen LogP contribution in [0.3, 0.4) is 0 Å². The molecule has 0 aliphatic rings. The molecule has 0 fully saturated rings. The number of rotatable bonds is 5. The zero-order chi connectivity index (χ0) is 9.78. The average molecular weight is 172 g/mol. The fourth-order valence-corrected chi connectivity index (χ4v) is 0.777. The molecule has 4 heteroatoms. The Hall–Kier alpha value is -1.06. The van der Waals surface area contributed by atoms with Gasteiger partial charge in [-0.3, -0.25) is 0 Å². The highest BCUT2D eigenvalue weighted by Crippen LogP contribution is 2.21. The number of carbonyl (C=O) groups is 2. The molecule has 0 spiro atoms. The number of carbonyl (C=O) groups excluding carboxylic acids is 2. The molecular formula is C8H12O4-2. The first-order chi connectivity index (χ1) is 5.36. The molecular weight excluding hydrogens is 160 g/mol. The maximum Gasteiger partial charge on any atom is 0.0470 e. The van der Waals surface area contributed by atoms with Gasteiger partial charge in [-0.15, -0.1) is 0 Å². The van der Waals surface area contributed by atoms with Gasteiger partial charge in [-0.1, -0.05) is 13.8 Å². The average Bonchev–Trinajstić information content (AvgIpc) is 1.85. The van der Waals surface area contributed by atoms with Crippen molar-refractivity contribution in [1.29, 1.82) is 0 Å². The summed E-state index contributed by atoms with van der Waals surface area (Å²) < 4.78 is 0. The summed E-state index contributed by atoms with van der Waals surface area (Å²) in [5.41, 5.74) is -0.949. The summed E-state index contributed by atoms with van der Waals surface area (Å²) in [5, 5.41) is 20.4. The van der Waals surface area contributed by atoms with Crippen LogP contribution in [-0.4, -0.2) is 11.9 Å². The minimum absolute atomic E-state index is 0.100. The van der Waals surface area contributed by atoms with Crippen molar-refractivity contribution in [2.45, 2.75) is 33.1 Å². The minimum Gasteiger partial charge on any atom is -0.550 e. The van der Waals surface area contributed by atoms with E-state index in [0.717, 1.165) is 0 Å². The molecule has 0 aromatic heterocycles. The molecule has 0 heterocycles. The zero-order valence-electron chi connectivity index (χ0n) is 7.25. The maximum atomic E-state index is 10.4. The van der Waals surface area contributed by atoms with Gasteiger partial charge in [-0.05, 0) is 19.3 Å². The molecule has 0 bridgehead atoms. The number of hydrogen-bond donors (Lipinski definition) is 0. The van der Waals surface area contributed by atoms with Crippen LogP contribution in [0.5, 0.6) is 0 Å². The van der Waals surface area contributed by atoms with Crippen molar-refractivity contribution in [1.82, 2.24) is 0 Å². The fourth-order valence-electron chi connectivity index (χ4n) is 0.777. The van der Waals surface area contributed by atoms with Gasteiger partial charge in [0.25, 0.3) is 0 Å². The molecule has 0 aliphatic heterocycles. The topological polar surface area (TPSA) is 80.3 Å². The predicted molar refractivity (Wildman–Crippen MR) is 37.6 cm³/mol. The molecule has 0 amide bonds. The van der Waals surface area contributed by atoms with Gasteiger partial charge >= 0.3 is 0 Å². The molecule has 0 atom stereocenters. The van der Waals surface area contributed by atoms with Crippen LogP contribution in [-0.2, 0) is 9.59 Å². The molecule has 0 N–H and O–H groups in total. The Kier molecular flexibility index (Phi) is 3.73. The highest BCUT2D eigenvalue weighted by atomic mass is 16.4. The van der Waals surface area contributed by atoms with E-state index in [-0.39, 0.29) is 6.42 Å². The van der Waals surface area contributed by atoms with E-state index in [0.29, 0.717) is 12.8 Å². The van der Waals surface area contributed by atoms with Crippen LogP contribution in [0.15, 0.2) is 0 Å². The van der Waals surface area contributed by atoms with Crippen molar-refractivity contribution in [2.24, 2.45) is 5.41 Å². The van der Waals surface area contributed by atoms with Crippen LogP contribution < -0.4 is 10.2 Å². The summed E-state index contributed by atoms with van der Waals surface area (Å²) in [4.78, 5) is 20.4. The third kappa shape index (κ3) is 3.95. The minimum atomic E-state index is -1.15. The first kappa shape index (κ1) is 10.9. The molecule has 12 heavy (non-hydrogen) atoms. The van der Waals surface area contributed by atoms with Crippen LogP contribution in [0.1, 0.15) is 33.1 Å². The van der Waals surface area contributed by atoms with Crippen LogP contribution >= 0.6 is 0 Å². The molecule has 0 rings (SSSR count). The lowest BCUT2D eigenvalue weighted by Crippen LogP contribution is -2.38. The SMILES string of the molecule is CC(C)(CCCC(=O)[O-])C(=O)[O-]. The van der Waals surface area contributed by atoms with Crippen molar-refractivity contribution >= 4 is 11.9 Å². The Morgan fingerprint density at radius 1 is 1.25 bits per heavy atom. The van der Waals surface area contributed by atoms with E-state index in [2.05, 4.69) is 0 Å². The van der Waals surface area contributed by atoms with E-state index >= 15 is 0 Å². The van der Waals surface area contributed by atoms with Gasteiger partial charge < -0.3 is 19.8 Å². The molecule has 0 aromatic carbocycles. The molecule has 0 aromatic rings. The first-order valence-electron chi connectivity index (χ1n) is 3.77. The molecule has 0 radical (unpaired) electrons. The van der Waals surface area contributed by atoms with Gasteiger partial charge in [-0.2, -0.15) is 0 Å². The summed E-state index contributed by atoms with van der Waals surface area (Å²) in [7, 11) is 0. The molecule has 0 aliphatic carbocycles. The lowest BCUT2D eigenvalue weighted by atomic mass is 9.87. The van der Waals surface area contributed by atoms with Gasteiger partial charge in [-0.25, -0.2) is 0 Å². The Balaban J connectivity index is 3.76. The Bertz CT molecular complexity index is 183. The number of carboxylic acids is 2. The van der Waals surface area contributed by atoms with E-state index in [9.17, 15) is 19.8 Å². The molecule has 0 unspecified atom stereocenters. The van der Waals surface area contributed by atoms with E-state index in [1.807, 2.05) is 0 Å². The number of carboxylic acid groups (broad SMARTS) is 2. The highest BCUT2D eigenvalue weighted by Gasteiger charge is 2.18. The van der Waals surface area contributed by atoms with Crippen LogP contribution in [0.2, 0.25) is 0 Å². The monoisotopic (exact) mass is 172 g/mol. The Morgan fingerprint density at radius 2 is 1.75 bits per heavy atom. The fraction of sp³-hybridized carbons (Fsp3) is 0.750. The molecule has 0 saturated carbocycles. The van der Waals surface area contributed by atoms with Crippen molar-refractivity contribution < 1.29 is 19.8 Å². The zero-order valence-corrected chi connectivity index (χ0v) is 7.25. The standard InChI is InChI=1S/C8H14O4/c1-8(2,7(11)12)5-3-4-6(9)10/h3-5H2,1-2H3,(H,9,10)(H,11,12)/p-2. The van der Waals surface area contributed by atoms with E-state index in [1.165, 1.54) is 13.8 Å². The van der Waals surface area contributed by atoms with Gasteiger partial charge in [0, 0.05) is 17.4 Å². The van der Waals surface area contributed by atoms with E-state index in [1.54, 1.807) is 0 Å². The predicted octanol–water partition coefficient (Wildman–Crippen LogP) is -1.32. The lowest BCUT2D eigenvalue weighted by Gasteiger charge is -2.25. The molecule has 70 valence electrons. The maximum absolute atomic E-state index is 10.4. The van der Waals surface area contributed by atoms with Crippen molar-refractivity contribution in [3.05, 3.63) is 0 Å². The first-order valence-corrected chi connectivity index (χ1v) is 3.77. The molecule has 4 nitrogen and oxygen atoms in total. The van der Waals surface area contributed by atoms with Crippen molar-refractivity contribution in [2.75, 3.05) is 0 Å². The Labute approximate surface area is 71.2 Å². The third-order valence-corrected chi connectivity index (χ3v) is 1.74. The van der Waals surface area contributed by atoms with Gasteiger partial charge in [0.1, 0.15) is 0 Å². The van der Waals surface area contributed by atoms with Gasteiger partial charge in [0.15, 0.2) is 0 Å². The van der Waals surface area contributed by atoms with E-state index < -0.39 is 17.4 Å². The van der Waals surface area contributed by atoms with Crippen molar-refractivity contribution in [3.63, 3.8) is 0 Å². The summed E-state index contributed by atoms with van der Waals surface area (Å²) in [6.07, 6.45) is 0.503. The second-order valence-corrected chi connectivity index (χ2v) is 3.40. The lowest BCUT2D eigenvalue weighted by molar-refractivity contribution is -0.318. The normalized spacial score (nSPS) is 11.2. The third-order valence-electron chi connectivity index (χ3n) is 1.74. The van der Waals surface area contributed by atoms with Gasteiger partial charge in [0.2, 0.25) is 0 Å². The Morgan fingerprint density at radius 3 is 2.08 bits per heavy atom. The summed E-state index contributed by atoms with van der Waals surface area (Å²) in [5.74, 6) is -2.30. The van der Waals surface area contributed by atoms with Crippen LogP contribution in [0.4, 0.5) is 0 Å². The second-order valence-electron chi connectivity index (χ2n) is 3.40. The van der Waals surface area contributed by atoms with Gasteiger partial charge in [0.05, 0.1) is 0 Å². The van der Waals surface area contributed by atoms with Crippen LogP contribution in [0, 0.1) is 5.41 Å². The highest BCUT2D eigenvalue weighted by molar-refractivity contribution is 5.71. The summed E-state index contributed by atoms with van der Waals surface area (Å²) in [6.45, 7) is 3.02. The van der Waals surface area contributed by atoms with Crippen LogP contribution in [0.25, 0.3) is 0 Å². The molecule has 0 saturated heterocycles. The largest absolute Gasteiger partial charge is 0.550 e. The second kappa shape index (κ2) is 4.09. The summed E-state index contributed by atoms with van der Waals surface area (Å²) in [6, 6.07) is 0. The number of aliphatic carboxylic acids is 2. The quantitative estimate of drug-likeness (QED) is 0.515. The smallest absolute Gasteiger partial charge is 0.0470 e. The summed E-state index contributed by atoms with van der Waals surface area (Å²) >= 11 is 0. The van der Waals surface area contributed by atoms with Crippen molar-refractivity contribution in [3.8, 4) is 0 Å².